The summed E-state index contributed by atoms with van der Waals surface area (Å²) >= 11 is 0. The fraction of sp³-hybridized carbons (Fsp3) is 0.500. The molecular weight excluding hydrogens is 284 g/mol. The molecule has 0 radical (unpaired) electrons. The van der Waals surface area contributed by atoms with Crippen molar-refractivity contribution in [2.75, 3.05) is 26.2 Å². The van der Waals surface area contributed by atoms with Crippen LogP contribution in [0, 0.1) is 0 Å². The Balaban J connectivity index is 2.81. The van der Waals surface area contributed by atoms with Crippen molar-refractivity contribution in [3.63, 3.8) is 0 Å². The Morgan fingerprint density at radius 3 is 1.50 bits per heavy atom. The molecule has 1 aromatic rings. The van der Waals surface area contributed by atoms with E-state index in [1.165, 1.54) is 6.07 Å². The zero-order valence-corrected chi connectivity index (χ0v) is 13.7. The molecule has 0 aromatic heterocycles. The molecule has 6 nitrogen and oxygen atoms in total. The summed E-state index contributed by atoms with van der Waals surface area (Å²) < 4.78 is 0. The highest BCUT2D eigenvalue weighted by Crippen LogP contribution is 2.10. The lowest BCUT2D eigenvalue weighted by atomic mass is 10.1. The van der Waals surface area contributed by atoms with E-state index in [0.717, 1.165) is 0 Å². The van der Waals surface area contributed by atoms with Crippen molar-refractivity contribution in [2.24, 2.45) is 0 Å². The molecule has 0 aliphatic heterocycles. The number of carbonyl (C=O) groups excluding carboxylic acids is 2. The Bertz CT molecular complexity index is 455. The fourth-order valence-electron chi connectivity index (χ4n) is 1.82. The molecule has 0 bridgehead atoms. The third-order valence-corrected chi connectivity index (χ3v) is 3.17. The van der Waals surface area contributed by atoms with Crippen molar-refractivity contribution in [3.8, 4) is 0 Å². The largest absolute Gasteiger partial charge is 0.364 e. The molecule has 0 aliphatic carbocycles. The van der Waals surface area contributed by atoms with Gasteiger partial charge < -0.3 is 9.68 Å². The maximum Gasteiger partial charge on any atom is 0.357 e. The van der Waals surface area contributed by atoms with Gasteiger partial charge in [-0.25, -0.2) is 9.59 Å². The van der Waals surface area contributed by atoms with Crippen molar-refractivity contribution in [1.82, 2.24) is 10.1 Å². The Labute approximate surface area is 131 Å². The molecule has 0 unspecified atom stereocenters. The molecule has 0 heterocycles. The van der Waals surface area contributed by atoms with Gasteiger partial charge in [-0.3, -0.25) is 0 Å². The van der Waals surface area contributed by atoms with Crippen molar-refractivity contribution in [1.29, 1.82) is 0 Å². The topological polar surface area (TPSA) is 59.1 Å². The van der Waals surface area contributed by atoms with Crippen LogP contribution in [0.1, 0.15) is 48.4 Å². The van der Waals surface area contributed by atoms with Crippen LogP contribution in [-0.2, 0) is 9.68 Å². The van der Waals surface area contributed by atoms with Crippen molar-refractivity contribution >= 4 is 11.9 Å². The summed E-state index contributed by atoms with van der Waals surface area (Å²) in [7, 11) is 0. The van der Waals surface area contributed by atoms with Gasteiger partial charge in [-0.05, 0) is 45.9 Å². The van der Waals surface area contributed by atoms with E-state index in [1.807, 2.05) is 27.7 Å². The smallest absolute Gasteiger partial charge is 0.357 e. The normalized spacial score (nSPS) is 10.8. The average molecular weight is 308 g/mol. The molecular formula is C16H24N2O4. The number of nitrogens with zero attached hydrogens (tertiary/aromatic N) is 2. The van der Waals surface area contributed by atoms with Gasteiger partial charge in [0.05, 0.1) is 11.1 Å². The standard InChI is InChI=1S/C16H24N2O4/c1-5-17(6-2)21-15(19)13-10-9-11-14(12-13)16(20)22-18(7-3)8-4/h9-12H,5-8H2,1-4H3. The highest BCUT2D eigenvalue weighted by atomic mass is 16.7. The van der Waals surface area contributed by atoms with Crippen LogP contribution in [0.15, 0.2) is 24.3 Å². The molecule has 1 aromatic carbocycles. The molecule has 22 heavy (non-hydrogen) atoms. The van der Waals surface area contributed by atoms with E-state index >= 15 is 0 Å². The lowest BCUT2D eigenvalue weighted by Gasteiger charge is -2.18. The first kappa shape index (κ1) is 18.1. The third-order valence-electron chi connectivity index (χ3n) is 3.17. The van der Waals surface area contributed by atoms with Crippen LogP contribution in [0.2, 0.25) is 0 Å². The lowest BCUT2D eigenvalue weighted by molar-refractivity contribution is -0.103. The average Bonchev–Trinajstić information content (AvgIpc) is 2.57. The van der Waals surface area contributed by atoms with Crippen LogP contribution < -0.4 is 0 Å². The molecule has 0 N–H and O–H groups in total. The predicted octanol–water partition coefficient (Wildman–Crippen LogP) is 2.51. The van der Waals surface area contributed by atoms with E-state index in [0.29, 0.717) is 37.3 Å². The fourth-order valence-corrected chi connectivity index (χ4v) is 1.82. The second-order valence-electron chi connectivity index (χ2n) is 4.57. The molecule has 122 valence electrons. The van der Waals surface area contributed by atoms with Crippen molar-refractivity contribution < 1.29 is 19.3 Å². The van der Waals surface area contributed by atoms with Crippen LogP contribution in [-0.4, -0.2) is 48.2 Å². The van der Waals surface area contributed by atoms with Gasteiger partial charge in [-0.15, -0.1) is 10.1 Å². The zero-order chi connectivity index (χ0) is 16.5. The summed E-state index contributed by atoms with van der Waals surface area (Å²) in [5, 5.41) is 3.09. The van der Waals surface area contributed by atoms with Gasteiger partial charge in [0.25, 0.3) is 0 Å². The van der Waals surface area contributed by atoms with E-state index in [4.69, 9.17) is 9.68 Å². The summed E-state index contributed by atoms with van der Waals surface area (Å²) in [6, 6.07) is 6.34. The van der Waals surface area contributed by atoms with Crippen molar-refractivity contribution in [2.45, 2.75) is 27.7 Å². The van der Waals surface area contributed by atoms with Gasteiger partial charge in [0.15, 0.2) is 0 Å². The van der Waals surface area contributed by atoms with Crippen LogP contribution >= 0.6 is 0 Å². The molecule has 0 fully saturated rings. The van der Waals surface area contributed by atoms with Gasteiger partial charge in [0.1, 0.15) is 0 Å². The maximum absolute atomic E-state index is 12.1. The van der Waals surface area contributed by atoms with Gasteiger partial charge in [-0.2, -0.15) is 0 Å². The second kappa shape index (κ2) is 9.17. The van der Waals surface area contributed by atoms with E-state index in [1.54, 1.807) is 28.3 Å². The quantitative estimate of drug-likeness (QED) is 0.688. The number of rotatable bonds is 8. The van der Waals surface area contributed by atoms with Crippen LogP contribution in [0.25, 0.3) is 0 Å². The molecule has 6 heteroatoms. The highest BCUT2D eigenvalue weighted by Gasteiger charge is 2.16. The molecule has 0 aliphatic rings. The first-order valence-corrected chi connectivity index (χ1v) is 7.60. The van der Waals surface area contributed by atoms with Gasteiger partial charge >= 0.3 is 11.9 Å². The Morgan fingerprint density at radius 2 is 1.18 bits per heavy atom. The van der Waals surface area contributed by atoms with Crippen LogP contribution in [0.3, 0.4) is 0 Å². The Morgan fingerprint density at radius 1 is 0.818 bits per heavy atom. The monoisotopic (exact) mass is 308 g/mol. The maximum atomic E-state index is 12.1. The minimum Gasteiger partial charge on any atom is -0.364 e. The van der Waals surface area contributed by atoms with E-state index in [2.05, 4.69) is 0 Å². The summed E-state index contributed by atoms with van der Waals surface area (Å²) in [6.45, 7) is 10.0. The second-order valence-corrected chi connectivity index (χ2v) is 4.57. The van der Waals surface area contributed by atoms with Crippen LogP contribution in [0.4, 0.5) is 0 Å². The summed E-state index contributed by atoms with van der Waals surface area (Å²) in [4.78, 5) is 34.6. The Kier molecular flexibility index (Phi) is 7.56. The highest BCUT2D eigenvalue weighted by molar-refractivity contribution is 5.95. The SMILES string of the molecule is CCN(CC)OC(=O)c1cccc(C(=O)ON(CC)CC)c1. The van der Waals surface area contributed by atoms with E-state index in [-0.39, 0.29) is 0 Å². The summed E-state index contributed by atoms with van der Waals surface area (Å²) in [5.41, 5.74) is 0.641. The van der Waals surface area contributed by atoms with Crippen molar-refractivity contribution in [3.05, 3.63) is 35.4 Å². The first-order chi connectivity index (χ1) is 10.5. The summed E-state index contributed by atoms with van der Waals surface area (Å²) in [6.07, 6.45) is 0. The van der Waals surface area contributed by atoms with Gasteiger partial charge in [0.2, 0.25) is 0 Å². The number of hydroxylamine groups is 4. The van der Waals surface area contributed by atoms with Crippen LogP contribution in [0.5, 0.6) is 0 Å². The number of hydrogen-bond acceptors (Lipinski definition) is 6. The minimum atomic E-state index is -0.485. The number of benzene rings is 1. The number of carbonyl (C=O) groups is 2. The van der Waals surface area contributed by atoms with E-state index in [9.17, 15) is 9.59 Å². The summed E-state index contributed by atoms with van der Waals surface area (Å²) in [5.74, 6) is -0.970. The molecule has 0 spiro atoms. The Hall–Kier alpha value is -1.92. The zero-order valence-electron chi connectivity index (χ0n) is 13.7. The first-order valence-electron chi connectivity index (χ1n) is 7.60. The van der Waals surface area contributed by atoms with Gasteiger partial charge in [0, 0.05) is 26.2 Å². The predicted molar refractivity (Wildman–Crippen MR) is 83.1 cm³/mol. The molecule has 0 saturated carbocycles. The number of hydrogen-bond donors (Lipinski definition) is 0. The molecule has 1 rings (SSSR count). The third kappa shape index (κ3) is 5.13. The van der Waals surface area contributed by atoms with E-state index < -0.39 is 11.9 Å². The molecule has 0 atom stereocenters. The van der Waals surface area contributed by atoms with Gasteiger partial charge in [-0.1, -0.05) is 6.07 Å². The molecule has 0 saturated heterocycles. The minimum absolute atomic E-state index is 0.320. The lowest BCUT2D eigenvalue weighted by Crippen LogP contribution is -2.28. The molecule has 0 amide bonds.